The molecule has 1 fully saturated rings. The van der Waals surface area contributed by atoms with Gasteiger partial charge in [0.05, 0.1) is 0 Å². The summed E-state index contributed by atoms with van der Waals surface area (Å²) in [7, 11) is -5.52. The van der Waals surface area contributed by atoms with E-state index in [1.807, 2.05) is 0 Å². The lowest BCUT2D eigenvalue weighted by molar-refractivity contribution is -0.0531. The molecule has 0 bridgehead atoms. The molecule has 0 unspecified atom stereocenters. The number of hydrogen-bond acceptors (Lipinski definition) is 3. The monoisotopic (exact) mass is 213 g/mol. The van der Waals surface area contributed by atoms with Crippen molar-refractivity contribution in [2.75, 3.05) is 0 Å². The number of hydrogen-bond donors (Lipinski definition) is 0. The van der Waals surface area contributed by atoms with Gasteiger partial charge in [-0.15, -0.1) is 0 Å². The van der Waals surface area contributed by atoms with E-state index in [-0.39, 0.29) is 6.10 Å². The third-order valence-corrected chi connectivity index (χ3v) is 2.10. The first kappa shape index (κ1) is 10.8. The van der Waals surface area contributed by atoms with Crippen LogP contribution in [-0.4, -0.2) is 13.9 Å². The zero-order valence-corrected chi connectivity index (χ0v) is 6.89. The van der Waals surface area contributed by atoms with Gasteiger partial charge in [-0.3, -0.25) is 4.18 Å². The number of alkyl halides is 3. The fourth-order valence-electron chi connectivity index (χ4n) is 0.586. The molecule has 0 aromatic heterocycles. The van der Waals surface area contributed by atoms with Crippen LogP contribution >= 0.6 is 0 Å². The summed E-state index contributed by atoms with van der Waals surface area (Å²) in [5.41, 5.74) is -5.38. The highest BCUT2D eigenvalue weighted by atomic mass is 32.2. The Bertz CT molecular complexity index is 263. The molecule has 1 rings (SSSR count). The lowest BCUT2D eigenvalue weighted by Crippen LogP contribution is -2.26. The van der Waals surface area contributed by atoms with E-state index in [4.69, 9.17) is 0 Å². The lowest BCUT2D eigenvalue weighted by atomic mass is 10.3. The van der Waals surface area contributed by atoms with E-state index in [1.54, 1.807) is 0 Å². The summed E-state index contributed by atoms with van der Waals surface area (Å²) >= 11 is 0. The van der Waals surface area contributed by atoms with Crippen molar-refractivity contribution in [3.63, 3.8) is 0 Å². The van der Waals surface area contributed by atoms with Gasteiger partial charge in [0.25, 0.3) is 0 Å². The Morgan fingerprint density at radius 1 is 1.15 bits per heavy atom. The van der Waals surface area contributed by atoms with E-state index >= 15 is 0 Å². The normalized spacial score (nSPS) is 20.8. The third kappa shape index (κ3) is 2.57. The molecule has 7 heteroatoms. The minimum Gasteiger partial charge on any atom is -0.253 e. The minimum absolute atomic E-state index is 0.350. The molecule has 0 aliphatic heterocycles. The van der Waals surface area contributed by atoms with Crippen LogP contribution in [0, 0.1) is 31.8 Å². The molecule has 0 spiro atoms. The van der Waals surface area contributed by atoms with E-state index < -0.39 is 15.6 Å². The van der Waals surface area contributed by atoms with Crippen LogP contribution < -0.4 is 0 Å². The van der Waals surface area contributed by atoms with Gasteiger partial charge in [0.1, 0.15) is 6.10 Å². The molecular weight excluding hydrogens is 209 g/mol. The summed E-state index contributed by atoms with van der Waals surface area (Å²) in [4.78, 5) is 0. The second-order valence-corrected chi connectivity index (χ2v) is 3.64. The quantitative estimate of drug-likeness (QED) is 0.511. The van der Waals surface area contributed by atoms with Gasteiger partial charge in [-0.25, -0.2) is 0 Å². The van der Waals surface area contributed by atoms with Crippen LogP contribution in [0.3, 0.4) is 0 Å². The first-order valence-electron chi connectivity index (χ1n) is 3.05. The fourth-order valence-corrected chi connectivity index (χ4v) is 1.04. The maximum atomic E-state index is 11.7. The van der Waals surface area contributed by atoms with Crippen LogP contribution in [0.2, 0.25) is 0 Å². The summed E-state index contributed by atoms with van der Waals surface area (Å²) in [5, 5.41) is 0. The second kappa shape index (κ2) is 3.45. The smallest absolute Gasteiger partial charge is 0.253 e. The predicted molar refractivity (Wildman–Crippen MR) is 36.5 cm³/mol. The maximum absolute atomic E-state index is 11.7. The van der Waals surface area contributed by atoms with E-state index in [2.05, 4.69) is 4.18 Å². The Hall–Kier alpha value is -0.300. The molecule has 1 aliphatic rings. The standard InChI is InChI=1S/C6H4F3O3S/c7-6(8,9)13(10,11)12-5-3-1-2-4-5/h1-4H. The molecule has 5 radical (unpaired) electrons. The molecular formula is C6H4F3O3S. The zero-order valence-electron chi connectivity index (χ0n) is 6.08. The van der Waals surface area contributed by atoms with Gasteiger partial charge >= 0.3 is 15.6 Å². The van der Waals surface area contributed by atoms with E-state index in [9.17, 15) is 21.6 Å². The average Bonchev–Trinajstić information content (AvgIpc) is 2.35. The maximum Gasteiger partial charge on any atom is 0.523 e. The Morgan fingerprint density at radius 3 is 2.00 bits per heavy atom. The fraction of sp³-hybridized carbons (Fsp3) is 0.167. The van der Waals surface area contributed by atoms with E-state index in [0.717, 1.165) is 12.8 Å². The highest BCUT2D eigenvalue weighted by Gasteiger charge is 2.49. The van der Waals surface area contributed by atoms with Crippen molar-refractivity contribution in [2.24, 2.45) is 0 Å². The highest BCUT2D eigenvalue weighted by Crippen LogP contribution is 2.32. The number of halogens is 3. The van der Waals surface area contributed by atoms with E-state index in [0.29, 0.717) is 0 Å². The molecule has 3 nitrogen and oxygen atoms in total. The largest absolute Gasteiger partial charge is 0.523 e. The van der Waals surface area contributed by atoms with Gasteiger partial charge in [0.2, 0.25) is 0 Å². The molecule has 1 saturated carbocycles. The minimum atomic E-state index is -5.52. The van der Waals surface area contributed by atoms with Crippen LogP contribution in [0.5, 0.6) is 0 Å². The topological polar surface area (TPSA) is 43.4 Å². The average molecular weight is 213 g/mol. The van der Waals surface area contributed by atoms with Gasteiger partial charge in [-0.2, -0.15) is 21.6 Å². The molecule has 0 N–H and O–H groups in total. The highest BCUT2D eigenvalue weighted by molar-refractivity contribution is 7.87. The zero-order chi connectivity index (χ0) is 10.1. The van der Waals surface area contributed by atoms with Gasteiger partial charge < -0.3 is 0 Å². The summed E-state index contributed by atoms with van der Waals surface area (Å²) in [6, 6.07) is 0. The van der Waals surface area contributed by atoms with Crippen molar-refractivity contribution in [3.05, 3.63) is 31.8 Å². The van der Waals surface area contributed by atoms with Gasteiger partial charge in [-0.1, -0.05) is 0 Å². The van der Waals surface area contributed by atoms with Gasteiger partial charge in [0.15, 0.2) is 0 Å². The molecule has 0 amide bonds. The van der Waals surface area contributed by atoms with Crippen LogP contribution in [-0.2, 0) is 14.3 Å². The Balaban J connectivity index is 2.62. The molecule has 13 heavy (non-hydrogen) atoms. The van der Waals surface area contributed by atoms with Crippen LogP contribution in [0.4, 0.5) is 13.2 Å². The van der Waals surface area contributed by atoms with Crippen molar-refractivity contribution in [1.82, 2.24) is 0 Å². The number of rotatable bonds is 2. The Kier molecular flexibility index (Phi) is 2.86. The summed E-state index contributed by atoms with van der Waals surface area (Å²) < 4.78 is 59.6. The van der Waals surface area contributed by atoms with Crippen molar-refractivity contribution >= 4 is 10.1 Å². The summed E-state index contributed by atoms with van der Waals surface area (Å²) in [5.74, 6) is 0. The van der Waals surface area contributed by atoms with Gasteiger partial charge in [-0.05, 0) is 12.8 Å². The second-order valence-electron chi connectivity index (χ2n) is 2.10. The van der Waals surface area contributed by atoms with Crippen LogP contribution in [0.15, 0.2) is 0 Å². The lowest BCUT2D eigenvalue weighted by Gasteiger charge is -2.11. The van der Waals surface area contributed by atoms with Crippen molar-refractivity contribution in [3.8, 4) is 0 Å². The van der Waals surface area contributed by atoms with E-state index in [1.165, 1.54) is 12.8 Å². The first-order chi connectivity index (χ1) is 5.83. The molecule has 0 aromatic rings. The molecule has 0 atom stereocenters. The Morgan fingerprint density at radius 2 is 1.62 bits per heavy atom. The SMILES string of the molecule is O=S(=O)(O[C]1[CH][CH][CH][CH]1)C(F)(F)F. The van der Waals surface area contributed by atoms with Crippen molar-refractivity contribution in [2.45, 2.75) is 5.51 Å². The predicted octanol–water partition coefficient (Wildman–Crippen LogP) is 1.22. The Labute approximate surface area is 74.0 Å². The van der Waals surface area contributed by atoms with Crippen LogP contribution in [0.1, 0.15) is 0 Å². The van der Waals surface area contributed by atoms with Crippen LogP contribution in [0.25, 0.3) is 0 Å². The molecule has 73 valence electrons. The first-order valence-corrected chi connectivity index (χ1v) is 4.46. The van der Waals surface area contributed by atoms with Crippen molar-refractivity contribution < 1.29 is 25.8 Å². The molecule has 0 aromatic carbocycles. The molecule has 0 heterocycles. The third-order valence-electron chi connectivity index (χ3n) is 1.12. The molecule has 0 saturated heterocycles. The summed E-state index contributed by atoms with van der Waals surface area (Å²) in [6.07, 6.45) is 4.60. The summed E-state index contributed by atoms with van der Waals surface area (Å²) in [6.45, 7) is 0. The van der Waals surface area contributed by atoms with Crippen molar-refractivity contribution in [1.29, 1.82) is 0 Å². The van der Waals surface area contributed by atoms with Gasteiger partial charge in [0, 0.05) is 12.8 Å². The molecule has 1 aliphatic carbocycles.